The van der Waals surface area contributed by atoms with Crippen LogP contribution in [0.1, 0.15) is 39.3 Å². The molecule has 2 N–H and O–H groups in total. The highest BCUT2D eigenvalue weighted by molar-refractivity contribution is 5.77. The van der Waals surface area contributed by atoms with E-state index in [0.717, 1.165) is 12.1 Å². The fraction of sp³-hybridized carbons (Fsp3) is 0.444. The SMILES string of the molecule is CC1=CC(CNC(=O)COc2ccccc2)C(C(C)C)CC1CC(=O)NCc1ccccn1. The Balaban J connectivity index is 1.50. The molecule has 176 valence electrons. The van der Waals surface area contributed by atoms with Crippen LogP contribution in [0.25, 0.3) is 0 Å². The van der Waals surface area contributed by atoms with Crippen molar-refractivity contribution in [3.63, 3.8) is 0 Å². The van der Waals surface area contributed by atoms with Crippen molar-refractivity contribution < 1.29 is 14.3 Å². The molecule has 1 aliphatic rings. The number of nitrogens with one attached hydrogen (secondary N) is 2. The number of carbonyl (C=O) groups excluding carboxylic acids is 2. The van der Waals surface area contributed by atoms with Crippen LogP contribution in [0.15, 0.2) is 66.4 Å². The molecule has 1 aliphatic carbocycles. The summed E-state index contributed by atoms with van der Waals surface area (Å²) < 4.78 is 5.54. The number of ether oxygens (including phenoxy) is 1. The van der Waals surface area contributed by atoms with Gasteiger partial charge in [-0.15, -0.1) is 0 Å². The standard InChI is InChI=1S/C27H35N3O3/c1-19(2)25-14-21(15-26(31)30-17-23-9-7-8-12-28-23)20(3)13-22(25)16-29-27(32)18-33-24-10-5-4-6-11-24/h4-13,19,21-22,25H,14-18H2,1-3H3,(H,29,32)(H,30,31). The molecule has 0 bridgehead atoms. The number of pyridine rings is 1. The van der Waals surface area contributed by atoms with Crippen molar-refractivity contribution in [2.75, 3.05) is 13.2 Å². The highest BCUT2D eigenvalue weighted by atomic mass is 16.5. The molecule has 1 aromatic carbocycles. The van der Waals surface area contributed by atoms with Gasteiger partial charge in [0.25, 0.3) is 5.91 Å². The number of nitrogens with zero attached hydrogens (tertiary/aromatic N) is 1. The van der Waals surface area contributed by atoms with Crippen molar-refractivity contribution in [3.05, 3.63) is 72.1 Å². The van der Waals surface area contributed by atoms with Crippen LogP contribution in [0, 0.1) is 23.7 Å². The van der Waals surface area contributed by atoms with Gasteiger partial charge in [0, 0.05) is 19.2 Å². The van der Waals surface area contributed by atoms with Crippen LogP contribution >= 0.6 is 0 Å². The Hall–Kier alpha value is -3.15. The van der Waals surface area contributed by atoms with E-state index >= 15 is 0 Å². The fourth-order valence-electron chi connectivity index (χ4n) is 4.44. The lowest BCUT2D eigenvalue weighted by molar-refractivity contribution is -0.123. The molecule has 2 aromatic rings. The number of rotatable bonds is 10. The second kappa shape index (κ2) is 12.2. The number of carbonyl (C=O) groups is 2. The van der Waals surface area contributed by atoms with Crippen LogP contribution < -0.4 is 15.4 Å². The van der Waals surface area contributed by atoms with E-state index in [4.69, 9.17) is 4.74 Å². The summed E-state index contributed by atoms with van der Waals surface area (Å²) in [6, 6.07) is 15.0. The molecule has 0 saturated carbocycles. The van der Waals surface area contributed by atoms with E-state index in [2.05, 4.69) is 42.5 Å². The van der Waals surface area contributed by atoms with E-state index in [1.165, 1.54) is 5.57 Å². The van der Waals surface area contributed by atoms with Gasteiger partial charge >= 0.3 is 0 Å². The summed E-state index contributed by atoms with van der Waals surface area (Å²) in [4.78, 5) is 29.1. The molecule has 0 fully saturated rings. The largest absolute Gasteiger partial charge is 0.484 e. The Morgan fingerprint density at radius 2 is 1.82 bits per heavy atom. The molecule has 1 aromatic heterocycles. The Morgan fingerprint density at radius 1 is 1.06 bits per heavy atom. The number of aromatic nitrogens is 1. The maximum absolute atomic E-state index is 12.6. The molecule has 0 spiro atoms. The van der Waals surface area contributed by atoms with Gasteiger partial charge in [-0.05, 0) is 61.3 Å². The highest BCUT2D eigenvalue weighted by Crippen LogP contribution is 2.38. The van der Waals surface area contributed by atoms with Gasteiger partial charge in [0.15, 0.2) is 6.61 Å². The molecule has 6 heteroatoms. The molecular weight excluding hydrogens is 414 g/mol. The molecule has 3 atom stereocenters. The van der Waals surface area contributed by atoms with Crippen molar-refractivity contribution in [2.45, 2.75) is 40.2 Å². The number of amides is 2. The molecule has 2 amide bonds. The Kier molecular flexibility index (Phi) is 9.04. The molecule has 0 aliphatic heterocycles. The minimum absolute atomic E-state index is 0.00480. The first-order valence-electron chi connectivity index (χ1n) is 11.7. The van der Waals surface area contributed by atoms with Crippen molar-refractivity contribution in [3.8, 4) is 5.75 Å². The zero-order chi connectivity index (χ0) is 23.6. The van der Waals surface area contributed by atoms with Crippen molar-refractivity contribution in [1.82, 2.24) is 15.6 Å². The van der Waals surface area contributed by atoms with Crippen LogP contribution in [0.2, 0.25) is 0 Å². The Bertz CT molecular complexity index is 928. The van der Waals surface area contributed by atoms with Gasteiger partial charge in [-0.25, -0.2) is 0 Å². The smallest absolute Gasteiger partial charge is 0.257 e. The van der Waals surface area contributed by atoms with Crippen molar-refractivity contribution in [1.29, 1.82) is 0 Å². The maximum Gasteiger partial charge on any atom is 0.257 e. The Labute approximate surface area is 196 Å². The number of benzene rings is 1. The summed E-state index contributed by atoms with van der Waals surface area (Å²) in [5, 5.41) is 6.02. The van der Waals surface area contributed by atoms with E-state index in [0.29, 0.717) is 37.1 Å². The maximum atomic E-state index is 12.6. The summed E-state index contributed by atoms with van der Waals surface area (Å²) in [7, 11) is 0. The number of para-hydroxylation sites is 1. The van der Waals surface area contributed by atoms with Crippen molar-refractivity contribution >= 4 is 11.8 Å². The highest BCUT2D eigenvalue weighted by Gasteiger charge is 2.32. The quantitative estimate of drug-likeness (QED) is 0.534. The summed E-state index contributed by atoms with van der Waals surface area (Å²) >= 11 is 0. The first kappa shape index (κ1) is 24.5. The van der Waals surface area contributed by atoms with E-state index in [-0.39, 0.29) is 30.3 Å². The molecule has 33 heavy (non-hydrogen) atoms. The molecule has 0 radical (unpaired) electrons. The van der Waals surface area contributed by atoms with Crippen LogP contribution in [0.3, 0.4) is 0 Å². The number of hydrogen-bond acceptors (Lipinski definition) is 4. The van der Waals surface area contributed by atoms with Gasteiger partial charge in [0.2, 0.25) is 5.91 Å². The Morgan fingerprint density at radius 3 is 2.52 bits per heavy atom. The first-order valence-corrected chi connectivity index (χ1v) is 11.7. The zero-order valence-electron chi connectivity index (χ0n) is 19.8. The number of allylic oxidation sites excluding steroid dienone is 1. The molecule has 3 rings (SSSR count). The summed E-state index contributed by atoms with van der Waals surface area (Å²) in [6.07, 6.45) is 5.40. The summed E-state index contributed by atoms with van der Waals surface area (Å²) in [5.41, 5.74) is 2.08. The predicted octanol–water partition coefficient (Wildman–Crippen LogP) is 4.14. The lowest BCUT2D eigenvalue weighted by atomic mass is 9.69. The van der Waals surface area contributed by atoms with Gasteiger partial charge in [0.05, 0.1) is 12.2 Å². The van der Waals surface area contributed by atoms with Crippen LogP contribution in [-0.2, 0) is 16.1 Å². The summed E-state index contributed by atoms with van der Waals surface area (Å²) in [5.74, 6) is 1.93. The molecule has 3 unspecified atom stereocenters. The van der Waals surface area contributed by atoms with E-state index < -0.39 is 0 Å². The third-order valence-corrected chi connectivity index (χ3v) is 6.36. The molecule has 6 nitrogen and oxygen atoms in total. The van der Waals surface area contributed by atoms with Crippen LogP contribution in [-0.4, -0.2) is 29.9 Å². The second-order valence-corrected chi connectivity index (χ2v) is 9.12. The molecule has 0 saturated heterocycles. The summed E-state index contributed by atoms with van der Waals surface area (Å²) in [6.45, 7) is 7.55. The van der Waals surface area contributed by atoms with Gasteiger partial charge in [-0.2, -0.15) is 0 Å². The monoisotopic (exact) mass is 449 g/mol. The third kappa shape index (κ3) is 7.74. The third-order valence-electron chi connectivity index (χ3n) is 6.36. The minimum Gasteiger partial charge on any atom is -0.484 e. The fourth-order valence-corrected chi connectivity index (χ4v) is 4.44. The zero-order valence-corrected chi connectivity index (χ0v) is 19.8. The van der Waals surface area contributed by atoms with Crippen molar-refractivity contribution in [2.24, 2.45) is 23.7 Å². The average molecular weight is 450 g/mol. The molecule has 1 heterocycles. The van der Waals surface area contributed by atoms with E-state index in [1.54, 1.807) is 6.20 Å². The van der Waals surface area contributed by atoms with E-state index in [9.17, 15) is 9.59 Å². The second-order valence-electron chi connectivity index (χ2n) is 9.12. The molecular formula is C27H35N3O3. The minimum atomic E-state index is -0.122. The lowest BCUT2D eigenvalue weighted by Crippen LogP contribution is -2.39. The van der Waals surface area contributed by atoms with Gasteiger partial charge in [0.1, 0.15) is 5.75 Å². The first-order chi connectivity index (χ1) is 15.9. The topological polar surface area (TPSA) is 80.3 Å². The van der Waals surface area contributed by atoms with E-state index in [1.807, 2.05) is 48.5 Å². The van der Waals surface area contributed by atoms with Gasteiger partial charge in [-0.1, -0.05) is 49.8 Å². The van der Waals surface area contributed by atoms with Crippen LogP contribution in [0.5, 0.6) is 5.75 Å². The average Bonchev–Trinajstić information content (AvgIpc) is 2.82. The number of hydrogen-bond donors (Lipinski definition) is 2. The van der Waals surface area contributed by atoms with Gasteiger partial charge < -0.3 is 15.4 Å². The van der Waals surface area contributed by atoms with Crippen LogP contribution in [0.4, 0.5) is 0 Å². The van der Waals surface area contributed by atoms with Gasteiger partial charge in [-0.3, -0.25) is 14.6 Å². The lowest BCUT2D eigenvalue weighted by Gasteiger charge is -2.37. The normalized spacial score (nSPS) is 20.1. The predicted molar refractivity (Wildman–Crippen MR) is 129 cm³/mol.